The first-order chi connectivity index (χ1) is 10.0. The minimum Gasteiger partial charge on any atom is -0.481 e. The quantitative estimate of drug-likeness (QED) is 0.683. The van der Waals surface area contributed by atoms with Crippen molar-refractivity contribution in [1.29, 1.82) is 5.26 Å². The number of hydrogen-bond acceptors (Lipinski definition) is 5. The first-order valence-electron chi connectivity index (χ1n) is 5.65. The Labute approximate surface area is 128 Å². The van der Waals surface area contributed by atoms with Gasteiger partial charge in [0, 0.05) is 12.3 Å². The molecule has 0 amide bonds. The Kier molecular flexibility index (Phi) is 4.62. The number of nitriles is 1. The lowest BCUT2D eigenvalue weighted by Gasteiger charge is -2.12. The molecule has 106 valence electrons. The lowest BCUT2D eigenvalue weighted by atomic mass is 10.2. The van der Waals surface area contributed by atoms with Gasteiger partial charge >= 0.3 is 5.97 Å². The summed E-state index contributed by atoms with van der Waals surface area (Å²) in [5.41, 5.74) is 0.442. The third-order valence-electron chi connectivity index (χ3n) is 2.44. The molecule has 0 aliphatic carbocycles. The van der Waals surface area contributed by atoms with E-state index in [2.05, 4.69) is 4.98 Å². The van der Waals surface area contributed by atoms with Crippen molar-refractivity contribution in [3.05, 3.63) is 51.4 Å². The summed E-state index contributed by atoms with van der Waals surface area (Å²) in [4.78, 5) is 25.8. The number of aliphatic carboxylic acids is 1. The van der Waals surface area contributed by atoms with Gasteiger partial charge in [0.15, 0.2) is 5.16 Å². The zero-order chi connectivity index (χ0) is 15.4. The van der Waals surface area contributed by atoms with Crippen LogP contribution in [-0.4, -0.2) is 26.4 Å². The SMILES string of the molecule is N#Cc1ccc(-n2ccc(=O)nc2SCC(=O)O)c(Cl)c1. The van der Waals surface area contributed by atoms with Gasteiger partial charge in [0.05, 0.1) is 28.1 Å². The van der Waals surface area contributed by atoms with Gasteiger partial charge < -0.3 is 5.11 Å². The van der Waals surface area contributed by atoms with Crippen LogP contribution >= 0.6 is 23.4 Å². The summed E-state index contributed by atoms with van der Waals surface area (Å²) >= 11 is 7.03. The first-order valence-corrected chi connectivity index (χ1v) is 7.02. The largest absolute Gasteiger partial charge is 0.481 e. The first kappa shape index (κ1) is 15.1. The van der Waals surface area contributed by atoms with Crippen molar-refractivity contribution in [3.8, 4) is 11.8 Å². The van der Waals surface area contributed by atoms with E-state index in [9.17, 15) is 9.59 Å². The molecule has 0 radical (unpaired) electrons. The summed E-state index contributed by atoms with van der Waals surface area (Å²) in [5.74, 6) is -1.25. The Balaban J connectivity index is 2.50. The van der Waals surface area contributed by atoms with Gasteiger partial charge in [-0.25, -0.2) is 0 Å². The predicted octanol–water partition coefficient (Wildman–Crippen LogP) is 1.93. The van der Waals surface area contributed by atoms with E-state index in [4.69, 9.17) is 22.0 Å². The average Bonchev–Trinajstić information content (AvgIpc) is 2.45. The number of carboxylic acids is 1. The van der Waals surface area contributed by atoms with E-state index < -0.39 is 11.5 Å². The van der Waals surface area contributed by atoms with Crippen LogP contribution in [0.3, 0.4) is 0 Å². The van der Waals surface area contributed by atoms with Crippen molar-refractivity contribution in [1.82, 2.24) is 9.55 Å². The standard InChI is InChI=1S/C13H8ClN3O3S/c14-9-5-8(6-15)1-2-10(9)17-4-3-11(18)16-13(17)21-7-12(19)20/h1-5H,7H2,(H,19,20). The zero-order valence-corrected chi connectivity index (χ0v) is 12.1. The summed E-state index contributed by atoms with van der Waals surface area (Å²) in [7, 11) is 0. The maximum atomic E-state index is 11.3. The van der Waals surface area contributed by atoms with E-state index in [1.165, 1.54) is 22.9 Å². The van der Waals surface area contributed by atoms with Crippen LogP contribution in [0.25, 0.3) is 5.69 Å². The number of nitrogens with zero attached hydrogens (tertiary/aromatic N) is 3. The van der Waals surface area contributed by atoms with Crippen LogP contribution in [0.2, 0.25) is 5.02 Å². The predicted molar refractivity (Wildman–Crippen MR) is 77.9 cm³/mol. The van der Waals surface area contributed by atoms with E-state index in [1.54, 1.807) is 12.1 Å². The van der Waals surface area contributed by atoms with Gasteiger partial charge in [-0.2, -0.15) is 10.2 Å². The Morgan fingerprint density at radius 3 is 2.86 bits per heavy atom. The summed E-state index contributed by atoms with van der Waals surface area (Å²) < 4.78 is 1.51. The molecule has 0 aliphatic rings. The Morgan fingerprint density at radius 1 is 1.48 bits per heavy atom. The molecule has 0 bridgehead atoms. The molecule has 1 N–H and O–H groups in total. The second-order valence-corrected chi connectivity index (χ2v) is 5.23. The molecule has 0 spiro atoms. The number of carboxylic acid groups (broad SMARTS) is 1. The molecule has 6 nitrogen and oxygen atoms in total. The van der Waals surface area contributed by atoms with Gasteiger partial charge in [-0.1, -0.05) is 23.4 Å². The summed E-state index contributed by atoms with van der Waals surface area (Å²) in [5, 5.41) is 18.1. The molecule has 1 aromatic heterocycles. The highest BCUT2D eigenvalue weighted by Crippen LogP contribution is 2.25. The second-order valence-electron chi connectivity index (χ2n) is 3.88. The summed E-state index contributed by atoms with van der Waals surface area (Å²) in [6.07, 6.45) is 1.47. The summed E-state index contributed by atoms with van der Waals surface area (Å²) in [6, 6.07) is 7.89. The fraction of sp³-hybridized carbons (Fsp3) is 0.0769. The molecule has 8 heteroatoms. The van der Waals surface area contributed by atoms with Crippen molar-refractivity contribution >= 4 is 29.3 Å². The lowest BCUT2D eigenvalue weighted by Crippen LogP contribution is -2.13. The molecule has 2 aromatic rings. The maximum absolute atomic E-state index is 11.3. The molecule has 0 atom stereocenters. The normalized spacial score (nSPS) is 10.1. The van der Waals surface area contributed by atoms with E-state index in [-0.39, 0.29) is 10.9 Å². The molecule has 0 unspecified atom stereocenters. The van der Waals surface area contributed by atoms with E-state index >= 15 is 0 Å². The van der Waals surface area contributed by atoms with Crippen LogP contribution in [0.1, 0.15) is 5.56 Å². The van der Waals surface area contributed by atoms with E-state index in [0.717, 1.165) is 11.8 Å². The molecule has 2 rings (SSSR count). The number of hydrogen-bond donors (Lipinski definition) is 1. The van der Waals surface area contributed by atoms with Crippen molar-refractivity contribution in [2.75, 3.05) is 5.75 Å². The lowest BCUT2D eigenvalue weighted by molar-refractivity contribution is -0.133. The van der Waals surface area contributed by atoms with Crippen LogP contribution in [0, 0.1) is 11.3 Å². The van der Waals surface area contributed by atoms with Crippen molar-refractivity contribution in [2.24, 2.45) is 0 Å². The van der Waals surface area contributed by atoms with Gasteiger partial charge in [-0.15, -0.1) is 0 Å². The minimum absolute atomic E-state index is 0.219. The fourth-order valence-electron chi connectivity index (χ4n) is 1.57. The topological polar surface area (TPSA) is 96.0 Å². The molecule has 1 aromatic carbocycles. The van der Waals surface area contributed by atoms with Crippen molar-refractivity contribution in [3.63, 3.8) is 0 Å². The van der Waals surface area contributed by atoms with Crippen LogP contribution < -0.4 is 5.56 Å². The molecule has 0 fully saturated rings. The molecular weight excluding hydrogens is 314 g/mol. The molecule has 0 aliphatic heterocycles. The van der Waals surface area contributed by atoms with Gasteiger partial charge in [0.2, 0.25) is 0 Å². The molecule has 0 saturated carbocycles. The van der Waals surface area contributed by atoms with Gasteiger partial charge in [0.25, 0.3) is 5.56 Å². The monoisotopic (exact) mass is 321 g/mol. The summed E-state index contributed by atoms with van der Waals surface area (Å²) in [6.45, 7) is 0. The van der Waals surface area contributed by atoms with Gasteiger partial charge in [-0.05, 0) is 18.2 Å². The minimum atomic E-state index is -1.02. The van der Waals surface area contributed by atoms with E-state index in [0.29, 0.717) is 16.3 Å². The van der Waals surface area contributed by atoms with Crippen LogP contribution in [-0.2, 0) is 4.79 Å². The average molecular weight is 322 g/mol. The van der Waals surface area contributed by atoms with Crippen LogP contribution in [0.5, 0.6) is 0 Å². The smallest absolute Gasteiger partial charge is 0.313 e. The third-order valence-corrected chi connectivity index (χ3v) is 3.68. The Hall–Kier alpha value is -2.30. The second kappa shape index (κ2) is 6.43. The highest BCUT2D eigenvalue weighted by Gasteiger charge is 2.11. The Bertz CT molecular complexity index is 798. The van der Waals surface area contributed by atoms with Crippen LogP contribution in [0.15, 0.2) is 40.4 Å². The zero-order valence-electron chi connectivity index (χ0n) is 10.5. The van der Waals surface area contributed by atoms with Crippen molar-refractivity contribution < 1.29 is 9.90 Å². The Morgan fingerprint density at radius 2 is 2.24 bits per heavy atom. The number of aromatic nitrogens is 2. The fourth-order valence-corrected chi connectivity index (χ4v) is 2.55. The highest BCUT2D eigenvalue weighted by molar-refractivity contribution is 7.99. The molecular formula is C13H8ClN3O3S. The van der Waals surface area contributed by atoms with Crippen LogP contribution in [0.4, 0.5) is 0 Å². The van der Waals surface area contributed by atoms with E-state index in [1.807, 2.05) is 6.07 Å². The number of thioether (sulfide) groups is 1. The maximum Gasteiger partial charge on any atom is 0.313 e. The van der Waals surface area contributed by atoms with Gasteiger partial charge in [-0.3, -0.25) is 14.2 Å². The third kappa shape index (κ3) is 3.62. The number of halogens is 1. The number of rotatable bonds is 4. The van der Waals surface area contributed by atoms with Crippen molar-refractivity contribution in [2.45, 2.75) is 5.16 Å². The molecule has 1 heterocycles. The molecule has 0 saturated heterocycles. The number of benzene rings is 1. The highest BCUT2D eigenvalue weighted by atomic mass is 35.5. The number of carbonyl (C=O) groups is 1. The van der Waals surface area contributed by atoms with Gasteiger partial charge in [0.1, 0.15) is 0 Å². The molecule has 21 heavy (non-hydrogen) atoms.